The zero-order chi connectivity index (χ0) is 50.2. The molecule has 0 aromatic carbocycles. The first-order chi connectivity index (χ1) is 33.0. The molecule has 0 aliphatic heterocycles. The molecular weight excluding hydrogens is 877 g/mol. The van der Waals surface area contributed by atoms with Crippen molar-refractivity contribution in [1.29, 1.82) is 0 Å². The van der Waals surface area contributed by atoms with E-state index in [-0.39, 0.29) is 82.3 Å². The second-order valence-electron chi connectivity index (χ2n) is 27.1. The van der Waals surface area contributed by atoms with Gasteiger partial charge in [-0.3, -0.25) is 0 Å². The normalized spacial score (nSPS) is 56.8. The van der Waals surface area contributed by atoms with Crippen molar-refractivity contribution in [2.75, 3.05) is 0 Å². The van der Waals surface area contributed by atoms with Gasteiger partial charge in [-0.2, -0.15) is 0 Å². The lowest BCUT2D eigenvalue weighted by molar-refractivity contribution is -0.113. The van der Waals surface area contributed by atoms with Gasteiger partial charge < -0.3 is 46.0 Å². The van der Waals surface area contributed by atoms with E-state index in [1.54, 1.807) is 0 Å². The highest BCUT2D eigenvalue weighted by atomic mass is 16.3. The molecule has 9 unspecified atom stereocenters. The molecule has 0 radical (unpaired) electrons. The van der Waals surface area contributed by atoms with Crippen LogP contribution in [0.15, 0.2) is 34.9 Å². The molecule has 0 amide bonds. The van der Waals surface area contributed by atoms with Gasteiger partial charge in [0.15, 0.2) is 0 Å². The summed E-state index contributed by atoms with van der Waals surface area (Å²) in [5.41, 5.74) is 1.10. The Hall–Kier alpha value is -2.02. The van der Waals surface area contributed by atoms with Gasteiger partial charge in [-0.05, 0) is 210 Å². The average molecular weight is 967 g/mol. The Bertz CT molecular complexity index is 2060. The Morgan fingerprint density at radius 3 is 1.17 bits per heavy atom. The lowest BCUT2D eigenvalue weighted by Crippen LogP contribution is -2.55. The first-order valence-corrected chi connectivity index (χ1v) is 28.3. The third kappa shape index (κ3) is 7.64. The van der Waals surface area contributed by atoms with Gasteiger partial charge in [0.1, 0.15) is 11.2 Å². The summed E-state index contributed by atoms with van der Waals surface area (Å²) >= 11 is 0. The van der Waals surface area contributed by atoms with Crippen molar-refractivity contribution < 1.29 is 46.0 Å². The summed E-state index contributed by atoms with van der Waals surface area (Å²) in [6, 6.07) is 0. The topological polar surface area (TPSA) is 182 Å². The van der Waals surface area contributed by atoms with Gasteiger partial charge in [0.25, 0.3) is 0 Å². The predicted molar refractivity (Wildman–Crippen MR) is 271 cm³/mol. The highest BCUT2D eigenvalue weighted by Crippen LogP contribution is 2.68. The van der Waals surface area contributed by atoms with E-state index in [0.717, 1.165) is 116 Å². The summed E-state index contributed by atoms with van der Waals surface area (Å²) in [5.74, 6) is 10.7. The number of terminal acetylenes is 2. The van der Waals surface area contributed by atoms with Crippen LogP contribution in [0.5, 0.6) is 0 Å². The summed E-state index contributed by atoms with van der Waals surface area (Å²) in [7, 11) is 0. The number of hydrogen-bond acceptors (Lipinski definition) is 9. The molecule has 12 aliphatic carbocycles. The molecule has 27 atom stereocenters. The highest BCUT2D eigenvalue weighted by molar-refractivity contribution is 5.31. The second kappa shape index (κ2) is 18.4. The molecule has 9 saturated carbocycles. The van der Waals surface area contributed by atoms with E-state index in [2.05, 4.69) is 59.5 Å². The smallest absolute Gasteiger partial charge is 0.133 e. The van der Waals surface area contributed by atoms with Crippen molar-refractivity contribution in [2.24, 2.45) is 105 Å². The molecule has 9 fully saturated rings. The minimum absolute atomic E-state index is 0.0128. The summed E-state index contributed by atoms with van der Waals surface area (Å²) in [4.78, 5) is 0. The van der Waals surface area contributed by atoms with Gasteiger partial charge in [-0.25, -0.2) is 0 Å². The van der Waals surface area contributed by atoms with Crippen LogP contribution in [-0.4, -0.2) is 99.9 Å². The van der Waals surface area contributed by atoms with Gasteiger partial charge in [0.05, 0.1) is 42.7 Å². The third-order valence-electron chi connectivity index (χ3n) is 24.2. The SMILES string of the molecule is C#C[C@]1(O)[C@H](C)CC2C3C(CC[C@@]21C)[C@H]1CC[C@@H](O)CC1=C[C@@H]3O.C#C[C@]1(O)[C@H](C)CC2C3C(CC[C@@]21C)[C@H]1CC[C@H](O)CC1=C[C@@H]3O.C[C@@H]1CC2C3C(CC[C@]2(C)[C@H]1O)[C@H]1CC[C@@H](O)CC1=C[C@@H]3O. The van der Waals surface area contributed by atoms with Gasteiger partial charge in [-0.15, -0.1) is 12.8 Å². The predicted octanol–water partition coefficient (Wildman–Crippen LogP) is 7.50. The second-order valence-corrected chi connectivity index (χ2v) is 27.1. The Balaban J connectivity index is 0.000000122. The van der Waals surface area contributed by atoms with Crippen LogP contribution >= 0.6 is 0 Å². The first kappa shape index (κ1) is 51.5. The molecule has 0 aromatic rings. The molecule has 0 aromatic heterocycles. The van der Waals surface area contributed by atoms with E-state index >= 15 is 0 Å². The van der Waals surface area contributed by atoms with Crippen molar-refractivity contribution in [1.82, 2.24) is 0 Å². The fourth-order valence-electron chi connectivity index (χ4n) is 20.5. The molecule has 0 bridgehead atoms. The van der Waals surface area contributed by atoms with Crippen LogP contribution in [0.1, 0.15) is 157 Å². The van der Waals surface area contributed by atoms with Gasteiger partial charge in [0.2, 0.25) is 0 Å². The Kier molecular flexibility index (Phi) is 13.5. The van der Waals surface area contributed by atoms with E-state index in [4.69, 9.17) is 12.8 Å². The summed E-state index contributed by atoms with van der Waals surface area (Å²) in [6.45, 7) is 12.8. The number of aliphatic hydroxyl groups excluding tert-OH is 7. The van der Waals surface area contributed by atoms with Crippen LogP contribution in [0.2, 0.25) is 0 Å². The van der Waals surface area contributed by atoms with E-state index in [0.29, 0.717) is 53.3 Å². The quantitative estimate of drug-likeness (QED) is 0.0878. The van der Waals surface area contributed by atoms with Crippen LogP contribution in [-0.2, 0) is 0 Å². The van der Waals surface area contributed by atoms with E-state index in [1.165, 1.54) is 16.7 Å². The van der Waals surface area contributed by atoms with E-state index < -0.39 is 23.4 Å². The first-order valence-electron chi connectivity index (χ1n) is 28.3. The van der Waals surface area contributed by atoms with Crippen molar-refractivity contribution >= 4 is 0 Å². The number of hydrogen-bond donors (Lipinski definition) is 9. The van der Waals surface area contributed by atoms with Gasteiger partial charge in [-0.1, -0.05) is 88.3 Å². The monoisotopic (exact) mass is 967 g/mol. The minimum atomic E-state index is -1.06. The zero-order valence-electron chi connectivity index (χ0n) is 43.3. The van der Waals surface area contributed by atoms with Crippen molar-refractivity contribution in [3.8, 4) is 24.7 Å². The largest absolute Gasteiger partial charge is 0.393 e. The number of aliphatic hydroxyl groups is 9. The standard InChI is InChI=1S/2C21H30O3.C19H30O3/c2*1-4-21(24)12(2)9-17-19-16(7-8-20(17,21)3)15-6-5-14(22)10-13(15)11-18(19)23;1-10-7-15-17-14(5-6-19(15,2)18(10)22)13-4-3-12(20)8-11(13)9-16(17)21/h2*1,11-12,14-19,22-24H,5-10H2,2-3H3;9-10,12-18,20-22H,3-8H2,1-2H3/t12-,14+,15+,16?,17?,18+,19?,20+,21+;12-,14-,15+,16?,17?,18+,19?,20+,21+;10-,12-,13+,14?,15?,16+,17?,18+,19+/m111/s1. The fourth-order valence-corrected chi connectivity index (χ4v) is 20.5. The maximum atomic E-state index is 11.2. The van der Waals surface area contributed by atoms with E-state index in [1.807, 2.05) is 12.2 Å². The molecular formula is C61H90O9. The minimum Gasteiger partial charge on any atom is -0.393 e. The molecule has 0 spiro atoms. The number of rotatable bonds is 0. The molecule has 70 heavy (non-hydrogen) atoms. The van der Waals surface area contributed by atoms with Crippen LogP contribution in [0.25, 0.3) is 0 Å². The number of fused-ring (bicyclic) bond motifs is 15. The van der Waals surface area contributed by atoms with Crippen LogP contribution < -0.4 is 0 Å². The maximum absolute atomic E-state index is 11.2. The van der Waals surface area contributed by atoms with Crippen molar-refractivity contribution in [2.45, 2.75) is 211 Å². The lowest BCUT2D eigenvalue weighted by Gasteiger charge is -2.55. The van der Waals surface area contributed by atoms with Crippen LogP contribution in [0.4, 0.5) is 0 Å². The highest BCUT2D eigenvalue weighted by Gasteiger charge is 2.68. The van der Waals surface area contributed by atoms with Gasteiger partial charge >= 0.3 is 0 Å². The summed E-state index contributed by atoms with van der Waals surface area (Å²) in [6.07, 6.45) is 32.3. The molecule has 12 aliphatic rings. The Morgan fingerprint density at radius 1 is 0.471 bits per heavy atom. The molecule has 388 valence electrons. The van der Waals surface area contributed by atoms with Crippen LogP contribution in [0.3, 0.4) is 0 Å². The average Bonchev–Trinajstić information content (AvgIpc) is 3.78. The lowest BCUT2D eigenvalue weighted by atomic mass is 9.50. The zero-order valence-corrected chi connectivity index (χ0v) is 43.3. The van der Waals surface area contributed by atoms with Crippen molar-refractivity contribution in [3.63, 3.8) is 0 Å². The third-order valence-corrected chi connectivity index (χ3v) is 24.2. The Labute approximate surface area is 420 Å². The van der Waals surface area contributed by atoms with Crippen LogP contribution in [0, 0.1) is 130 Å². The Morgan fingerprint density at radius 2 is 0.814 bits per heavy atom. The van der Waals surface area contributed by atoms with Crippen molar-refractivity contribution in [3.05, 3.63) is 34.9 Å². The molecule has 9 N–H and O–H groups in total. The van der Waals surface area contributed by atoms with Gasteiger partial charge in [0, 0.05) is 10.8 Å². The maximum Gasteiger partial charge on any atom is 0.133 e. The molecule has 9 heteroatoms. The fraction of sp³-hybridized carbons (Fsp3) is 0.836. The molecule has 0 saturated heterocycles. The molecule has 9 nitrogen and oxygen atoms in total. The van der Waals surface area contributed by atoms with E-state index in [9.17, 15) is 46.0 Å². The summed E-state index contributed by atoms with van der Waals surface area (Å²) < 4.78 is 0. The molecule has 12 rings (SSSR count). The summed E-state index contributed by atoms with van der Waals surface area (Å²) in [5, 5.41) is 95.6. The molecule has 0 heterocycles.